The molecular weight excluding hydrogens is 341 g/mol. The quantitative estimate of drug-likeness (QED) is 0.650. The van der Waals surface area contributed by atoms with E-state index in [-0.39, 0.29) is 11.2 Å². The standard InChI is InChI=1S/C22H32FN3O/c1-24-21(26-14-17-4-2-3-5-18(17)15-26)25-16-22(10-12-27-13-11-22)19-6-8-20(23)9-7-19/h6-9,17-18H,2-5,10-16H2,1H3,(H,24,25). The zero-order valence-corrected chi connectivity index (χ0v) is 16.4. The van der Waals surface area contributed by atoms with Crippen LogP contribution in [0, 0.1) is 17.7 Å². The number of hydrogen-bond acceptors (Lipinski definition) is 2. The number of fused-ring (bicyclic) bond motifs is 1. The van der Waals surface area contributed by atoms with Crippen LogP contribution in [0.25, 0.3) is 0 Å². The molecule has 3 fully saturated rings. The van der Waals surface area contributed by atoms with Gasteiger partial charge >= 0.3 is 0 Å². The molecule has 3 aliphatic rings. The molecule has 2 aliphatic heterocycles. The van der Waals surface area contributed by atoms with Crippen LogP contribution in [0.1, 0.15) is 44.1 Å². The van der Waals surface area contributed by atoms with Crippen LogP contribution in [0.3, 0.4) is 0 Å². The van der Waals surface area contributed by atoms with Gasteiger partial charge in [0.25, 0.3) is 0 Å². The lowest BCUT2D eigenvalue weighted by atomic mass is 9.74. The first-order valence-electron chi connectivity index (χ1n) is 10.5. The first-order valence-corrected chi connectivity index (χ1v) is 10.5. The maximum absolute atomic E-state index is 13.4. The molecule has 4 nitrogen and oxygen atoms in total. The highest BCUT2D eigenvalue weighted by Crippen LogP contribution is 2.37. The highest BCUT2D eigenvalue weighted by Gasteiger charge is 2.38. The number of rotatable bonds is 3. The van der Waals surface area contributed by atoms with Gasteiger partial charge in [-0.05, 0) is 55.2 Å². The molecule has 1 aliphatic carbocycles. The SMILES string of the molecule is CN=C(NCC1(c2ccc(F)cc2)CCOCC1)N1CC2CCCCC2C1. The third kappa shape index (κ3) is 3.98. The Kier molecular flexibility index (Phi) is 5.67. The van der Waals surface area contributed by atoms with Crippen LogP contribution in [0.2, 0.25) is 0 Å². The van der Waals surface area contributed by atoms with Gasteiger partial charge in [0.1, 0.15) is 5.82 Å². The van der Waals surface area contributed by atoms with E-state index in [1.54, 1.807) is 12.1 Å². The summed E-state index contributed by atoms with van der Waals surface area (Å²) in [6.45, 7) is 4.60. The second-order valence-electron chi connectivity index (χ2n) is 8.51. The van der Waals surface area contributed by atoms with Gasteiger partial charge in [0.05, 0.1) is 0 Å². The number of halogens is 1. The van der Waals surface area contributed by atoms with Gasteiger partial charge in [-0.1, -0.05) is 25.0 Å². The van der Waals surface area contributed by atoms with Crippen molar-refractivity contribution in [1.29, 1.82) is 0 Å². The number of hydrogen-bond donors (Lipinski definition) is 1. The van der Waals surface area contributed by atoms with Crippen molar-refractivity contribution >= 4 is 5.96 Å². The first-order chi connectivity index (χ1) is 13.2. The van der Waals surface area contributed by atoms with E-state index in [1.165, 1.54) is 31.2 Å². The van der Waals surface area contributed by atoms with Crippen LogP contribution in [0.15, 0.2) is 29.3 Å². The lowest BCUT2D eigenvalue weighted by Gasteiger charge is -2.39. The largest absolute Gasteiger partial charge is 0.381 e. The fraction of sp³-hybridized carbons (Fsp3) is 0.682. The van der Waals surface area contributed by atoms with Crippen molar-refractivity contribution in [3.63, 3.8) is 0 Å². The zero-order chi connectivity index (χ0) is 18.7. The van der Waals surface area contributed by atoms with Crippen LogP contribution in [-0.2, 0) is 10.2 Å². The molecule has 1 saturated carbocycles. The highest BCUT2D eigenvalue weighted by molar-refractivity contribution is 5.80. The second-order valence-corrected chi connectivity index (χ2v) is 8.51. The Labute approximate surface area is 162 Å². The van der Waals surface area contributed by atoms with Gasteiger partial charge < -0.3 is 15.0 Å². The Morgan fingerprint density at radius 3 is 2.37 bits per heavy atom. The molecule has 5 heteroatoms. The fourth-order valence-electron chi connectivity index (χ4n) is 5.29. The summed E-state index contributed by atoms with van der Waals surface area (Å²) in [7, 11) is 1.89. The van der Waals surface area contributed by atoms with Crippen LogP contribution in [-0.4, -0.2) is 50.8 Å². The van der Waals surface area contributed by atoms with E-state index in [1.807, 2.05) is 19.2 Å². The molecule has 0 aromatic heterocycles. The van der Waals surface area contributed by atoms with Crippen molar-refractivity contribution < 1.29 is 9.13 Å². The molecule has 0 amide bonds. The average molecular weight is 374 g/mol. The minimum absolute atomic E-state index is 0.0195. The second kappa shape index (κ2) is 8.17. The van der Waals surface area contributed by atoms with Crippen LogP contribution in [0.5, 0.6) is 0 Å². The molecule has 0 spiro atoms. The van der Waals surface area contributed by atoms with Crippen molar-refractivity contribution in [2.45, 2.75) is 43.9 Å². The van der Waals surface area contributed by atoms with Crippen molar-refractivity contribution in [2.24, 2.45) is 16.8 Å². The molecule has 27 heavy (non-hydrogen) atoms. The Balaban J connectivity index is 1.46. The molecule has 1 aromatic carbocycles. The molecular formula is C22H32FN3O. The topological polar surface area (TPSA) is 36.9 Å². The third-order valence-electron chi connectivity index (χ3n) is 6.98. The van der Waals surface area contributed by atoms with E-state index in [2.05, 4.69) is 15.2 Å². The lowest BCUT2D eigenvalue weighted by Crippen LogP contribution is -2.49. The molecule has 148 valence electrons. The van der Waals surface area contributed by atoms with Gasteiger partial charge in [-0.3, -0.25) is 4.99 Å². The molecule has 0 radical (unpaired) electrons. The molecule has 2 heterocycles. The van der Waals surface area contributed by atoms with Gasteiger partial charge in [-0.25, -0.2) is 4.39 Å². The summed E-state index contributed by atoms with van der Waals surface area (Å²) in [5.41, 5.74) is 1.18. The highest BCUT2D eigenvalue weighted by atomic mass is 19.1. The van der Waals surface area contributed by atoms with E-state index in [4.69, 9.17) is 4.74 Å². The summed E-state index contributed by atoms with van der Waals surface area (Å²) in [4.78, 5) is 7.05. The van der Waals surface area contributed by atoms with Crippen molar-refractivity contribution in [3.8, 4) is 0 Å². The summed E-state index contributed by atoms with van der Waals surface area (Å²) in [6.07, 6.45) is 7.41. The van der Waals surface area contributed by atoms with Crippen molar-refractivity contribution in [2.75, 3.05) is 39.9 Å². The maximum atomic E-state index is 13.4. The predicted molar refractivity (Wildman–Crippen MR) is 107 cm³/mol. The van der Waals surface area contributed by atoms with Gasteiger partial charge in [0.15, 0.2) is 5.96 Å². The summed E-state index contributed by atoms with van der Waals surface area (Å²) >= 11 is 0. The molecule has 2 saturated heterocycles. The Morgan fingerprint density at radius 2 is 1.78 bits per heavy atom. The van der Waals surface area contributed by atoms with E-state index in [0.717, 1.165) is 63.5 Å². The van der Waals surface area contributed by atoms with Gasteiger partial charge in [0.2, 0.25) is 0 Å². The number of ether oxygens (including phenoxy) is 1. The van der Waals surface area contributed by atoms with Crippen molar-refractivity contribution in [3.05, 3.63) is 35.6 Å². The Morgan fingerprint density at radius 1 is 1.15 bits per heavy atom. The van der Waals surface area contributed by atoms with Gasteiger partial charge in [-0.2, -0.15) is 0 Å². The van der Waals surface area contributed by atoms with Crippen LogP contribution >= 0.6 is 0 Å². The molecule has 2 atom stereocenters. The summed E-state index contributed by atoms with van der Waals surface area (Å²) in [5.74, 6) is 2.53. The minimum atomic E-state index is -0.176. The lowest BCUT2D eigenvalue weighted by molar-refractivity contribution is 0.0512. The predicted octanol–water partition coefficient (Wildman–Crippen LogP) is 3.57. The van der Waals surface area contributed by atoms with E-state index < -0.39 is 0 Å². The Hall–Kier alpha value is -1.62. The molecule has 1 N–H and O–H groups in total. The molecule has 2 unspecified atom stereocenters. The number of benzene rings is 1. The summed E-state index contributed by atoms with van der Waals surface area (Å²) in [6, 6.07) is 7.03. The van der Waals surface area contributed by atoms with E-state index >= 15 is 0 Å². The number of likely N-dealkylation sites (tertiary alicyclic amines) is 1. The zero-order valence-electron chi connectivity index (χ0n) is 16.4. The summed E-state index contributed by atoms with van der Waals surface area (Å²) < 4.78 is 19.1. The number of nitrogens with zero attached hydrogens (tertiary/aromatic N) is 2. The average Bonchev–Trinajstić information content (AvgIpc) is 3.13. The minimum Gasteiger partial charge on any atom is -0.381 e. The molecule has 1 aromatic rings. The van der Waals surface area contributed by atoms with E-state index in [0.29, 0.717) is 0 Å². The molecule has 0 bridgehead atoms. The number of guanidine groups is 1. The fourth-order valence-corrected chi connectivity index (χ4v) is 5.29. The monoisotopic (exact) mass is 373 g/mol. The molecule has 4 rings (SSSR count). The van der Waals surface area contributed by atoms with Crippen LogP contribution in [0.4, 0.5) is 4.39 Å². The van der Waals surface area contributed by atoms with Crippen LogP contribution < -0.4 is 5.32 Å². The third-order valence-corrected chi connectivity index (χ3v) is 6.98. The van der Waals surface area contributed by atoms with Gasteiger partial charge in [0, 0.05) is 45.3 Å². The summed E-state index contributed by atoms with van der Waals surface area (Å²) in [5, 5.41) is 3.67. The van der Waals surface area contributed by atoms with E-state index in [9.17, 15) is 4.39 Å². The normalized spacial score (nSPS) is 28.1. The maximum Gasteiger partial charge on any atom is 0.193 e. The Bertz CT molecular complexity index is 640. The van der Waals surface area contributed by atoms with Crippen molar-refractivity contribution in [1.82, 2.24) is 10.2 Å². The smallest absolute Gasteiger partial charge is 0.193 e. The number of aliphatic imine (C=N–C) groups is 1. The number of nitrogens with one attached hydrogen (secondary N) is 1. The first kappa shape index (κ1) is 18.7. The van der Waals surface area contributed by atoms with Gasteiger partial charge in [-0.15, -0.1) is 0 Å².